The first-order chi connectivity index (χ1) is 9.16. The lowest BCUT2D eigenvalue weighted by Crippen LogP contribution is -2.30. The largest absolute Gasteiger partial charge is 0.362 e. The molecule has 2 aromatic rings. The third kappa shape index (κ3) is 3.78. The van der Waals surface area contributed by atoms with E-state index in [-0.39, 0.29) is 0 Å². The zero-order valence-electron chi connectivity index (χ0n) is 11.1. The van der Waals surface area contributed by atoms with Crippen molar-refractivity contribution in [3.63, 3.8) is 0 Å². The Labute approximate surface area is 117 Å². The quantitative estimate of drug-likeness (QED) is 0.638. The number of hydrogen-bond acceptors (Lipinski definition) is 3. The van der Waals surface area contributed by atoms with Crippen LogP contribution in [0.3, 0.4) is 0 Å². The maximum absolute atomic E-state index is 5.24. The highest BCUT2D eigenvalue weighted by molar-refractivity contribution is 7.80. The maximum atomic E-state index is 5.24. The zero-order valence-corrected chi connectivity index (χ0v) is 11.9. The maximum Gasteiger partial charge on any atom is 0.170 e. The molecule has 2 N–H and O–H groups in total. The summed E-state index contributed by atoms with van der Waals surface area (Å²) in [5, 5.41) is 15.2. The second-order valence-corrected chi connectivity index (χ2v) is 4.68. The lowest BCUT2D eigenvalue weighted by Gasteiger charge is -2.10. The number of aromatic nitrogens is 4. The molecule has 2 aromatic heterocycles. The van der Waals surface area contributed by atoms with E-state index >= 15 is 0 Å². The predicted molar refractivity (Wildman–Crippen MR) is 79.0 cm³/mol. The molecule has 2 rings (SSSR count). The van der Waals surface area contributed by atoms with Gasteiger partial charge in [0, 0.05) is 32.5 Å². The molecule has 2 heterocycles. The highest BCUT2D eigenvalue weighted by Crippen LogP contribution is 2.11. The Morgan fingerprint density at radius 2 is 2.26 bits per heavy atom. The molecule has 0 saturated heterocycles. The lowest BCUT2D eigenvalue weighted by atomic mass is 10.4. The molecule has 0 saturated carbocycles. The first-order valence-corrected chi connectivity index (χ1v) is 6.58. The first-order valence-electron chi connectivity index (χ1n) is 6.17. The fourth-order valence-corrected chi connectivity index (χ4v) is 1.88. The number of rotatable bonds is 5. The molecule has 0 spiro atoms. The Kier molecular flexibility index (Phi) is 4.51. The molecule has 0 aliphatic rings. The van der Waals surface area contributed by atoms with Crippen molar-refractivity contribution >= 4 is 23.0 Å². The molecular formula is C12H18N6S. The molecule has 0 bridgehead atoms. The van der Waals surface area contributed by atoms with E-state index < -0.39 is 0 Å². The van der Waals surface area contributed by atoms with Gasteiger partial charge in [0.25, 0.3) is 0 Å². The summed E-state index contributed by atoms with van der Waals surface area (Å²) in [7, 11) is 1.90. The topological polar surface area (TPSA) is 59.7 Å². The predicted octanol–water partition coefficient (Wildman–Crippen LogP) is 1.30. The van der Waals surface area contributed by atoms with Crippen LogP contribution >= 0.6 is 12.2 Å². The number of aryl methyl sites for hydroxylation is 2. The molecular weight excluding hydrogens is 260 g/mol. The summed E-state index contributed by atoms with van der Waals surface area (Å²) in [5.74, 6) is 0. The van der Waals surface area contributed by atoms with Gasteiger partial charge in [-0.2, -0.15) is 10.2 Å². The molecule has 0 fully saturated rings. The number of thiocarbonyl (C=S) groups is 1. The van der Waals surface area contributed by atoms with Gasteiger partial charge in [-0.3, -0.25) is 9.36 Å². The smallest absolute Gasteiger partial charge is 0.170 e. The van der Waals surface area contributed by atoms with E-state index in [1.807, 2.05) is 35.6 Å². The molecule has 6 nitrogen and oxygen atoms in total. The van der Waals surface area contributed by atoms with Gasteiger partial charge in [-0.1, -0.05) is 0 Å². The van der Waals surface area contributed by atoms with Crippen molar-refractivity contribution in [1.82, 2.24) is 24.9 Å². The van der Waals surface area contributed by atoms with Crippen molar-refractivity contribution in [2.45, 2.75) is 19.9 Å². The number of nitrogens with one attached hydrogen (secondary N) is 2. The summed E-state index contributed by atoms with van der Waals surface area (Å²) in [6.07, 6.45) is 6.48. The van der Waals surface area contributed by atoms with Gasteiger partial charge >= 0.3 is 0 Å². The van der Waals surface area contributed by atoms with E-state index in [4.69, 9.17) is 12.2 Å². The molecule has 0 atom stereocenters. The summed E-state index contributed by atoms with van der Waals surface area (Å²) in [5.41, 5.74) is 1.99. The van der Waals surface area contributed by atoms with Crippen molar-refractivity contribution in [3.05, 3.63) is 30.4 Å². The zero-order chi connectivity index (χ0) is 13.7. The highest BCUT2D eigenvalue weighted by atomic mass is 32.1. The van der Waals surface area contributed by atoms with E-state index in [0.717, 1.165) is 30.9 Å². The van der Waals surface area contributed by atoms with Crippen LogP contribution in [-0.2, 0) is 13.6 Å². The van der Waals surface area contributed by atoms with Gasteiger partial charge in [-0.05, 0) is 31.6 Å². The molecule has 102 valence electrons. The Morgan fingerprint density at radius 1 is 1.42 bits per heavy atom. The van der Waals surface area contributed by atoms with Gasteiger partial charge in [-0.15, -0.1) is 0 Å². The summed E-state index contributed by atoms with van der Waals surface area (Å²) in [6, 6.07) is 1.92. The third-order valence-corrected chi connectivity index (χ3v) is 3.14. The van der Waals surface area contributed by atoms with Crippen molar-refractivity contribution in [3.8, 4) is 0 Å². The standard InChI is InChI=1S/C12H18N6S/c1-10-11(9-15-17(10)2)16-12(19)13-5-3-7-18-8-4-6-14-18/h4,6,8-9H,3,5,7H2,1-2H3,(H2,13,16,19). The van der Waals surface area contributed by atoms with Crippen molar-refractivity contribution < 1.29 is 0 Å². The normalized spacial score (nSPS) is 10.4. The van der Waals surface area contributed by atoms with E-state index in [0.29, 0.717) is 5.11 Å². The molecule has 0 unspecified atom stereocenters. The van der Waals surface area contributed by atoms with Crippen LogP contribution in [-0.4, -0.2) is 31.2 Å². The van der Waals surface area contributed by atoms with E-state index in [2.05, 4.69) is 20.8 Å². The van der Waals surface area contributed by atoms with Gasteiger partial charge in [0.1, 0.15) is 0 Å². The van der Waals surface area contributed by atoms with Gasteiger partial charge in [0.2, 0.25) is 0 Å². The van der Waals surface area contributed by atoms with Crippen LogP contribution in [0, 0.1) is 6.92 Å². The Balaban J connectivity index is 1.69. The minimum Gasteiger partial charge on any atom is -0.362 e. The Morgan fingerprint density at radius 3 is 2.89 bits per heavy atom. The summed E-state index contributed by atoms with van der Waals surface area (Å²) in [6.45, 7) is 3.69. The van der Waals surface area contributed by atoms with E-state index in [1.165, 1.54) is 0 Å². The Bertz CT molecular complexity index is 530. The Hall–Kier alpha value is -1.89. The van der Waals surface area contributed by atoms with Gasteiger partial charge < -0.3 is 10.6 Å². The van der Waals surface area contributed by atoms with Crippen LogP contribution in [0.1, 0.15) is 12.1 Å². The van der Waals surface area contributed by atoms with Crippen molar-refractivity contribution in [2.75, 3.05) is 11.9 Å². The first kappa shape index (κ1) is 13.5. The number of nitrogens with zero attached hydrogens (tertiary/aromatic N) is 4. The molecule has 7 heteroatoms. The van der Waals surface area contributed by atoms with Crippen LogP contribution < -0.4 is 10.6 Å². The van der Waals surface area contributed by atoms with Crippen LogP contribution in [0.15, 0.2) is 24.7 Å². The van der Waals surface area contributed by atoms with E-state index in [9.17, 15) is 0 Å². The minimum absolute atomic E-state index is 0.622. The molecule has 0 aliphatic carbocycles. The molecule has 0 amide bonds. The van der Waals surface area contributed by atoms with Crippen LogP contribution in [0.4, 0.5) is 5.69 Å². The third-order valence-electron chi connectivity index (χ3n) is 2.89. The second kappa shape index (κ2) is 6.33. The van der Waals surface area contributed by atoms with E-state index in [1.54, 1.807) is 12.4 Å². The SMILES string of the molecule is Cc1c(NC(=S)NCCCn2cccn2)cnn1C. The monoisotopic (exact) mass is 278 g/mol. The minimum atomic E-state index is 0.622. The number of hydrogen-bond donors (Lipinski definition) is 2. The van der Waals surface area contributed by atoms with Crippen molar-refractivity contribution in [2.24, 2.45) is 7.05 Å². The molecule has 19 heavy (non-hydrogen) atoms. The fraction of sp³-hybridized carbons (Fsp3) is 0.417. The van der Waals surface area contributed by atoms with Gasteiger partial charge in [0.05, 0.1) is 17.6 Å². The molecule has 0 radical (unpaired) electrons. The summed E-state index contributed by atoms with van der Waals surface area (Å²) >= 11 is 5.24. The van der Waals surface area contributed by atoms with Gasteiger partial charge in [0.15, 0.2) is 5.11 Å². The van der Waals surface area contributed by atoms with Crippen LogP contribution in [0.25, 0.3) is 0 Å². The van der Waals surface area contributed by atoms with Crippen LogP contribution in [0.2, 0.25) is 0 Å². The highest BCUT2D eigenvalue weighted by Gasteiger charge is 2.04. The summed E-state index contributed by atoms with van der Waals surface area (Å²) < 4.78 is 3.71. The second-order valence-electron chi connectivity index (χ2n) is 4.27. The van der Waals surface area contributed by atoms with Crippen LogP contribution in [0.5, 0.6) is 0 Å². The number of anilines is 1. The van der Waals surface area contributed by atoms with Crippen molar-refractivity contribution in [1.29, 1.82) is 0 Å². The molecule has 0 aliphatic heterocycles. The molecule has 0 aromatic carbocycles. The average Bonchev–Trinajstić information content (AvgIpc) is 3.00. The average molecular weight is 278 g/mol. The summed E-state index contributed by atoms with van der Waals surface area (Å²) in [4.78, 5) is 0. The fourth-order valence-electron chi connectivity index (χ4n) is 1.66. The lowest BCUT2D eigenvalue weighted by molar-refractivity contribution is 0.574. The van der Waals surface area contributed by atoms with Gasteiger partial charge in [-0.25, -0.2) is 0 Å².